The number of nitrogen functional groups attached to an aromatic ring is 1. The fourth-order valence-corrected chi connectivity index (χ4v) is 0.903. The Bertz CT molecular complexity index is 331. The number of carboxylic acids is 1. The molecular formula is C9H9NO2. The Balaban J connectivity index is 3.20. The van der Waals surface area contributed by atoms with Gasteiger partial charge in [-0.1, -0.05) is 18.7 Å². The second-order valence-corrected chi connectivity index (χ2v) is 2.36. The molecule has 0 unspecified atom stereocenters. The van der Waals surface area contributed by atoms with Crippen molar-refractivity contribution in [2.45, 2.75) is 0 Å². The smallest absolute Gasteiger partial charge is 0.337 e. The molecule has 62 valence electrons. The summed E-state index contributed by atoms with van der Waals surface area (Å²) in [6, 6.07) is 4.71. The molecule has 0 saturated heterocycles. The summed E-state index contributed by atoms with van der Waals surface area (Å²) < 4.78 is 0. The molecule has 0 fully saturated rings. The minimum atomic E-state index is -1.01. The number of benzene rings is 1. The van der Waals surface area contributed by atoms with Crippen molar-refractivity contribution in [1.29, 1.82) is 0 Å². The average molecular weight is 163 g/mol. The van der Waals surface area contributed by atoms with Crippen LogP contribution in [-0.4, -0.2) is 11.1 Å². The van der Waals surface area contributed by atoms with Gasteiger partial charge in [-0.05, 0) is 17.7 Å². The molecule has 0 atom stereocenters. The normalized spacial score (nSPS) is 9.33. The zero-order valence-corrected chi connectivity index (χ0v) is 6.45. The number of hydrogen-bond acceptors (Lipinski definition) is 2. The topological polar surface area (TPSA) is 63.3 Å². The van der Waals surface area contributed by atoms with Gasteiger partial charge in [0.15, 0.2) is 0 Å². The van der Waals surface area contributed by atoms with Gasteiger partial charge in [0.1, 0.15) is 0 Å². The summed E-state index contributed by atoms with van der Waals surface area (Å²) >= 11 is 0. The highest BCUT2D eigenvalue weighted by molar-refractivity contribution is 5.94. The van der Waals surface area contributed by atoms with Gasteiger partial charge >= 0.3 is 5.97 Å². The van der Waals surface area contributed by atoms with Crippen LogP contribution in [0.25, 0.3) is 6.08 Å². The summed E-state index contributed by atoms with van der Waals surface area (Å²) in [6.45, 7) is 3.54. The Morgan fingerprint density at radius 3 is 2.67 bits per heavy atom. The Kier molecular flexibility index (Phi) is 2.14. The van der Waals surface area contributed by atoms with Crippen LogP contribution in [0.2, 0.25) is 0 Å². The highest BCUT2D eigenvalue weighted by Crippen LogP contribution is 2.14. The van der Waals surface area contributed by atoms with Gasteiger partial charge < -0.3 is 10.8 Å². The second kappa shape index (κ2) is 3.09. The minimum Gasteiger partial charge on any atom is -0.478 e. The lowest BCUT2D eigenvalue weighted by Gasteiger charge is -2.00. The number of nitrogens with two attached hydrogens (primary N) is 1. The number of aromatic carboxylic acids is 1. The third-order valence-corrected chi connectivity index (χ3v) is 1.54. The summed E-state index contributed by atoms with van der Waals surface area (Å²) in [6.07, 6.45) is 1.61. The van der Waals surface area contributed by atoms with Gasteiger partial charge in [0.05, 0.1) is 5.56 Å². The molecule has 0 aliphatic carbocycles. The molecule has 0 aromatic heterocycles. The molecule has 0 heterocycles. The summed E-state index contributed by atoms with van der Waals surface area (Å²) in [4.78, 5) is 10.5. The van der Waals surface area contributed by atoms with E-state index in [2.05, 4.69) is 6.58 Å². The van der Waals surface area contributed by atoms with E-state index < -0.39 is 5.97 Å². The molecule has 3 nitrogen and oxygen atoms in total. The van der Waals surface area contributed by atoms with Crippen molar-refractivity contribution in [3.8, 4) is 0 Å². The van der Waals surface area contributed by atoms with E-state index >= 15 is 0 Å². The van der Waals surface area contributed by atoms with Crippen molar-refractivity contribution >= 4 is 17.7 Å². The zero-order valence-electron chi connectivity index (χ0n) is 6.45. The maximum atomic E-state index is 10.5. The molecule has 0 saturated carbocycles. The quantitative estimate of drug-likeness (QED) is 0.651. The van der Waals surface area contributed by atoms with Crippen molar-refractivity contribution in [3.05, 3.63) is 35.9 Å². The highest BCUT2D eigenvalue weighted by atomic mass is 16.4. The van der Waals surface area contributed by atoms with Crippen LogP contribution in [-0.2, 0) is 0 Å². The van der Waals surface area contributed by atoms with Crippen molar-refractivity contribution < 1.29 is 9.90 Å². The van der Waals surface area contributed by atoms with E-state index in [0.717, 1.165) is 5.56 Å². The first-order valence-electron chi connectivity index (χ1n) is 3.40. The number of rotatable bonds is 2. The largest absolute Gasteiger partial charge is 0.478 e. The molecule has 0 amide bonds. The van der Waals surface area contributed by atoms with Gasteiger partial charge in [-0.25, -0.2) is 4.79 Å². The van der Waals surface area contributed by atoms with Gasteiger partial charge in [-0.3, -0.25) is 0 Å². The molecule has 12 heavy (non-hydrogen) atoms. The maximum absolute atomic E-state index is 10.5. The number of carboxylic acid groups (broad SMARTS) is 1. The van der Waals surface area contributed by atoms with Gasteiger partial charge in [-0.2, -0.15) is 0 Å². The molecular weight excluding hydrogens is 154 g/mol. The lowest BCUT2D eigenvalue weighted by Crippen LogP contribution is -2.01. The van der Waals surface area contributed by atoms with Crippen LogP contribution in [0, 0.1) is 0 Å². The molecule has 3 heteroatoms. The van der Waals surface area contributed by atoms with Crippen molar-refractivity contribution in [3.63, 3.8) is 0 Å². The average Bonchev–Trinajstić information content (AvgIpc) is 2.03. The van der Waals surface area contributed by atoms with Crippen molar-refractivity contribution in [1.82, 2.24) is 0 Å². The standard InChI is InChI=1S/C9H9NO2/c1-2-6-3-4-7(9(11)12)8(10)5-6/h2-5H,1,10H2,(H,11,12). The predicted molar refractivity (Wildman–Crippen MR) is 47.9 cm³/mol. The Morgan fingerprint density at radius 2 is 2.25 bits per heavy atom. The fourth-order valence-electron chi connectivity index (χ4n) is 0.903. The van der Waals surface area contributed by atoms with Gasteiger partial charge in [0.2, 0.25) is 0 Å². The van der Waals surface area contributed by atoms with Gasteiger partial charge in [0, 0.05) is 5.69 Å². The summed E-state index contributed by atoms with van der Waals surface area (Å²) in [5, 5.41) is 8.62. The van der Waals surface area contributed by atoms with E-state index in [9.17, 15) is 4.79 Å². The molecule has 1 rings (SSSR count). The number of hydrogen-bond donors (Lipinski definition) is 2. The predicted octanol–water partition coefficient (Wildman–Crippen LogP) is 1.61. The summed E-state index contributed by atoms with van der Waals surface area (Å²) in [5.41, 5.74) is 6.68. The number of anilines is 1. The maximum Gasteiger partial charge on any atom is 0.337 e. The van der Waals surface area contributed by atoms with Crippen LogP contribution >= 0.6 is 0 Å². The number of carbonyl (C=O) groups is 1. The first-order chi connectivity index (χ1) is 5.65. The molecule has 0 radical (unpaired) electrons. The molecule has 1 aromatic rings. The minimum absolute atomic E-state index is 0.126. The van der Waals surface area contributed by atoms with Gasteiger partial charge in [0.25, 0.3) is 0 Å². The van der Waals surface area contributed by atoms with E-state index in [1.54, 1.807) is 18.2 Å². The van der Waals surface area contributed by atoms with Crippen LogP contribution in [0.4, 0.5) is 5.69 Å². The molecule has 3 N–H and O–H groups in total. The third-order valence-electron chi connectivity index (χ3n) is 1.54. The lowest BCUT2D eigenvalue weighted by molar-refractivity contribution is 0.0698. The van der Waals surface area contributed by atoms with E-state index in [0.29, 0.717) is 0 Å². The molecule has 0 bridgehead atoms. The van der Waals surface area contributed by atoms with Gasteiger partial charge in [-0.15, -0.1) is 0 Å². The molecule has 0 spiro atoms. The van der Waals surface area contributed by atoms with Crippen LogP contribution in [0.5, 0.6) is 0 Å². The van der Waals surface area contributed by atoms with Crippen LogP contribution in [0.3, 0.4) is 0 Å². The molecule has 0 aliphatic rings. The van der Waals surface area contributed by atoms with E-state index in [1.165, 1.54) is 6.07 Å². The van der Waals surface area contributed by atoms with Crippen LogP contribution in [0.1, 0.15) is 15.9 Å². The fraction of sp³-hybridized carbons (Fsp3) is 0. The Morgan fingerprint density at radius 1 is 1.58 bits per heavy atom. The Hall–Kier alpha value is -1.77. The summed E-state index contributed by atoms with van der Waals surface area (Å²) in [5.74, 6) is -1.01. The first-order valence-corrected chi connectivity index (χ1v) is 3.40. The lowest BCUT2D eigenvalue weighted by atomic mass is 10.1. The zero-order chi connectivity index (χ0) is 9.14. The molecule has 0 aliphatic heterocycles. The SMILES string of the molecule is C=Cc1ccc(C(=O)O)c(N)c1. The van der Waals surface area contributed by atoms with Crippen LogP contribution < -0.4 is 5.73 Å². The Labute approximate surface area is 70.1 Å². The summed E-state index contributed by atoms with van der Waals surface area (Å²) in [7, 11) is 0. The van der Waals surface area contributed by atoms with Crippen molar-refractivity contribution in [2.24, 2.45) is 0 Å². The van der Waals surface area contributed by atoms with E-state index in [4.69, 9.17) is 10.8 Å². The van der Waals surface area contributed by atoms with E-state index in [-0.39, 0.29) is 11.3 Å². The van der Waals surface area contributed by atoms with E-state index in [1.807, 2.05) is 0 Å². The highest BCUT2D eigenvalue weighted by Gasteiger charge is 2.06. The third kappa shape index (κ3) is 1.45. The van der Waals surface area contributed by atoms with Crippen LogP contribution in [0.15, 0.2) is 24.8 Å². The first kappa shape index (κ1) is 8.33. The van der Waals surface area contributed by atoms with Crippen molar-refractivity contribution in [2.75, 3.05) is 5.73 Å². The monoisotopic (exact) mass is 163 g/mol. The molecule has 1 aromatic carbocycles. The second-order valence-electron chi connectivity index (χ2n) is 2.36.